The number of halogens is 1. The van der Waals surface area contributed by atoms with E-state index in [9.17, 15) is 0 Å². The van der Waals surface area contributed by atoms with Crippen LogP contribution >= 0.6 is 0 Å². The maximum atomic E-state index is 8.60. The summed E-state index contributed by atoms with van der Waals surface area (Å²) in [6.45, 7) is 0. The van der Waals surface area contributed by atoms with Gasteiger partial charge in [0.15, 0.2) is 0 Å². The van der Waals surface area contributed by atoms with Crippen LogP contribution in [0.2, 0.25) is 0 Å². The Morgan fingerprint density at radius 3 is 1.14 bits per heavy atom. The molecule has 0 rings (SSSR count). The Kier molecular flexibility index (Phi) is 9.68. The SMILES string of the molecule is B.N.[O-][Cl+3]([O-])([O-])O. The number of hydrogen-bond donors (Lipinski definition) is 2. The Morgan fingerprint density at radius 2 is 1.14 bits per heavy atom. The van der Waals surface area contributed by atoms with E-state index >= 15 is 0 Å². The predicted octanol–water partition coefficient (Wildman–Crippen LogP) is -5.15. The van der Waals surface area contributed by atoms with Crippen molar-refractivity contribution < 1.29 is 28.9 Å². The summed E-state index contributed by atoms with van der Waals surface area (Å²) in [6.07, 6.45) is 0. The Bertz CT molecular complexity index is 27.2. The highest BCUT2D eigenvalue weighted by Gasteiger charge is 1.98. The molecule has 7 heteroatoms. The highest BCUT2D eigenvalue weighted by atomic mass is 35.7. The molecule has 0 unspecified atom stereocenters. The van der Waals surface area contributed by atoms with Gasteiger partial charge in [-0.2, -0.15) is 14.0 Å². The molecule has 0 amide bonds. The minimum absolute atomic E-state index is 0. The molecule has 46 valence electrons. The zero-order valence-electron chi connectivity index (χ0n) is 2.76. The molecular weight excluding hydrogens is 124 g/mol. The molecule has 0 saturated carbocycles. The highest BCUT2D eigenvalue weighted by molar-refractivity contribution is 5.75. The lowest BCUT2D eigenvalue weighted by Crippen LogP contribution is -2.58. The highest BCUT2D eigenvalue weighted by Crippen LogP contribution is 1.60. The third-order valence-electron chi connectivity index (χ3n) is 0. The van der Waals surface area contributed by atoms with Crippen LogP contribution < -0.4 is 20.1 Å². The molecule has 0 fully saturated rings. The van der Waals surface area contributed by atoms with Gasteiger partial charge in [-0.25, -0.2) is 0 Å². The zero-order valence-corrected chi connectivity index (χ0v) is 3.51. The molecule has 0 atom stereocenters. The third kappa shape index (κ3) is 4430. The quantitative estimate of drug-likeness (QED) is 0.318. The van der Waals surface area contributed by atoms with E-state index in [1.165, 1.54) is 0 Å². The van der Waals surface area contributed by atoms with Gasteiger partial charge >= 0.3 is 0 Å². The molecule has 0 heterocycles. The lowest BCUT2D eigenvalue weighted by Gasteiger charge is -2.03. The summed E-state index contributed by atoms with van der Waals surface area (Å²) in [5.41, 5.74) is 0. The van der Waals surface area contributed by atoms with E-state index in [1.54, 1.807) is 0 Å². The molecule has 4 N–H and O–H groups in total. The van der Waals surface area contributed by atoms with E-state index < -0.39 is 10.2 Å². The smallest absolute Gasteiger partial charge is 0.0814 e. The largest absolute Gasteiger partial charge is 0.344 e. The summed E-state index contributed by atoms with van der Waals surface area (Å²) in [5, 5.41) is 0. The van der Waals surface area contributed by atoms with E-state index in [2.05, 4.69) is 0 Å². The molecule has 0 aromatic carbocycles. The van der Waals surface area contributed by atoms with Crippen molar-refractivity contribution in [2.45, 2.75) is 0 Å². The van der Waals surface area contributed by atoms with E-state index in [0.29, 0.717) is 0 Å². The third-order valence-corrected chi connectivity index (χ3v) is 0. The summed E-state index contributed by atoms with van der Waals surface area (Å²) < 4.78 is 32.7. The van der Waals surface area contributed by atoms with Crippen molar-refractivity contribution in [3.05, 3.63) is 0 Å². The fourth-order valence-corrected chi connectivity index (χ4v) is 0. The van der Waals surface area contributed by atoms with Gasteiger partial charge in [0.2, 0.25) is 0 Å². The van der Waals surface area contributed by atoms with Crippen LogP contribution in [0.4, 0.5) is 0 Å². The van der Waals surface area contributed by atoms with Crippen molar-refractivity contribution in [1.82, 2.24) is 6.15 Å². The molecule has 0 aliphatic rings. The van der Waals surface area contributed by atoms with Gasteiger partial charge < -0.3 is 6.15 Å². The summed E-state index contributed by atoms with van der Waals surface area (Å²) in [5.74, 6) is 0. The number of rotatable bonds is 0. The fraction of sp³-hybridized carbons (Fsp3) is 0. The van der Waals surface area contributed by atoms with Crippen molar-refractivity contribution in [3.8, 4) is 0 Å². The van der Waals surface area contributed by atoms with Crippen LogP contribution in [0.1, 0.15) is 0 Å². The van der Waals surface area contributed by atoms with Gasteiger partial charge in [-0.05, 0) is 0 Å². The van der Waals surface area contributed by atoms with E-state index in [4.69, 9.17) is 18.6 Å². The molecule has 0 radical (unpaired) electrons. The summed E-state index contributed by atoms with van der Waals surface area (Å²) in [4.78, 5) is 0. The molecule has 0 bridgehead atoms. The first-order valence-corrected chi connectivity index (χ1v) is 1.90. The Morgan fingerprint density at radius 1 is 1.14 bits per heavy atom. The van der Waals surface area contributed by atoms with Crippen molar-refractivity contribution in [3.63, 3.8) is 0 Å². The normalized spacial score (nSPS) is 8.57. The molecule has 5 nitrogen and oxygen atoms in total. The second-order valence-electron chi connectivity index (χ2n) is 0.396. The first-order chi connectivity index (χ1) is 2.00. The Balaban J connectivity index is -0.0000000800. The van der Waals surface area contributed by atoms with Gasteiger partial charge in [0.05, 0.1) is 23.3 Å². The molecule has 0 aromatic rings. The molecule has 0 aliphatic heterocycles. The fourth-order valence-electron chi connectivity index (χ4n) is 0. The zero-order chi connectivity index (χ0) is 4.50. The van der Waals surface area contributed by atoms with Crippen LogP contribution in [0.5, 0.6) is 0 Å². The molecular formula is H7BClNO4. The second kappa shape index (κ2) is 4.32. The molecule has 0 aliphatic carbocycles. The van der Waals surface area contributed by atoms with Crippen LogP contribution in [0.25, 0.3) is 0 Å². The topological polar surface area (TPSA) is 124 Å². The van der Waals surface area contributed by atoms with Gasteiger partial charge in [-0.1, -0.05) is 0 Å². The average molecular weight is 131 g/mol. The van der Waals surface area contributed by atoms with Gasteiger partial charge in [0.1, 0.15) is 0 Å². The van der Waals surface area contributed by atoms with Crippen molar-refractivity contribution in [1.29, 1.82) is 0 Å². The van der Waals surface area contributed by atoms with Crippen LogP contribution in [0.15, 0.2) is 0 Å². The standard InChI is InChI=1S/BH3.ClHO4.H3N/c;2-1(3,4)5;/h1H3;(H,2,3,4,5);1H3. The van der Waals surface area contributed by atoms with Crippen LogP contribution in [0, 0.1) is 10.2 Å². The van der Waals surface area contributed by atoms with Crippen molar-refractivity contribution >= 4 is 8.41 Å². The lowest BCUT2D eigenvalue weighted by atomic mass is 10.8. The van der Waals surface area contributed by atoms with Gasteiger partial charge in [0, 0.05) is 0 Å². The minimum Gasteiger partial charge on any atom is -0.344 e. The maximum absolute atomic E-state index is 8.60. The van der Waals surface area contributed by atoms with Gasteiger partial charge in [0.25, 0.3) is 0 Å². The molecule has 0 spiro atoms. The predicted molar refractivity (Wildman–Crippen MR) is 17.2 cm³/mol. The van der Waals surface area contributed by atoms with Gasteiger partial charge in [-0.3, -0.25) is 0 Å². The van der Waals surface area contributed by atoms with Crippen molar-refractivity contribution in [2.75, 3.05) is 0 Å². The Hall–Kier alpha value is 0.155. The molecule has 0 saturated heterocycles. The summed E-state index contributed by atoms with van der Waals surface area (Å²) >= 11 is 0. The molecule has 7 heavy (non-hydrogen) atoms. The second-order valence-corrected chi connectivity index (χ2v) is 1.19. The summed E-state index contributed by atoms with van der Waals surface area (Å²) in [7, 11) is -4.69. The van der Waals surface area contributed by atoms with Crippen molar-refractivity contribution in [2.24, 2.45) is 0 Å². The monoisotopic (exact) mass is 131 g/mol. The first-order valence-electron chi connectivity index (χ1n) is 0.632. The summed E-state index contributed by atoms with van der Waals surface area (Å²) in [6, 6.07) is 0. The maximum Gasteiger partial charge on any atom is 0.0814 e. The molecule has 0 aromatic heterocycles. The van der Waals surface area contributed by atoms with E-state index in [-0.39, 0.29) is 14.6 Å². The van der Waals surface area contributed by atoms with Crippen LogP contribution in [0.3, 0.4) is 0 Å². The van der Waals surface area contributed by atoms with Crippen LogP contribution in [-0.4, -0.2) is 13.1 Å². The number of hydrogen-bond acceptors (Lipinski definition) is 5. The minimum atomic E-state index is -4.69. The van der Waals surface area contributed by atoms with Crippen LogP contribution in [-0.2, 0) is 0 Å². The van der Waals surface area contributed by atoms with E-state index in [0.717, 1.165) is 0 Å². The Labute approximate surface area is 44.5 Å². The first kappa shape index (κ1) is 15.7. The van der Waals surface area contributed by atoms with Gasteiger partial charge in [-0.15, -0.1) is 0 Å². The lowest BCUT2D eigenvalue weighted by molar-refractivity contribution is -1.92. The van der Waals surface area contributed by atoms with E-state index in [1.807, 2.05) is 0 Å². The average Bonchev–Trinajstić information content (AvgIpc) is 0.722.